The van der Waals surface area contributed by atoms with Crippen LogP contribution in [-0.2, 0) is 38.4 Å². The van der Waals surface area contributed by atoms with Crippen molar-refractivity contribution in [3.63, 3.8) is 0 Å². The number of amides is 4. The fourth-order valence-corrected chi connectivity index (χ4v) is 6.40. The van der Waals surface area contributed by atoms with Gasteiger partial charge in [0.25, 0.3) is 0 Å². The second-order valence-corrected chi connectivity index (χ2v) is 12.8. The lowest BCUT2D eigenvalue weighted by atomic mass is 9.98. The molecule has 4 amide bonds. The minimum absolute atomic E-state index is 0.0793. The highest BCUT2D eigenvalue weighted by Crippen LogP contribution is 2.32. The first-order chi connectivity index (χ1) is 23.5. The molecule has 12 nitrogen and oxygen atoms in total. The molecule has 49 heavy (non-hydrogen) atoms. The van der Waals surface area contributed by atoms with E-state index in [0.717, 1.165) is 21.3 Å². The van der Waals surface area contributed by atoms with Gasteiger partial charge in [-0.2, -0.15) is 0 Å². The first-order valence-electron chi connectivity index (χ1n) is 16.0. The highest BCUT2D eigenvalue weighted by Gasteiger charge is 2.41. The molecule has 4 aromatic rings. The largest absolute Gasteiger partial charge is 0.508 e. The number of phenols is 1. The number of hydrogen-bond acceptors (Lipinski definition) is 9. The lowest BCUT2D eigenvalue weighted by molar-refractivity contribution is -0.246. The van der Waals surface area contributed by atoms with Crippen LogP contribution < -0.4 is 21.4 Å². The summed E-state index contributed by atoms with van der Waals surface area (Å²) in [6, 6.07) is 17.3. The maximum Gasteiger partial charge on any atom is 0.329 e. The van der Waals surface area contributed by atoms with Gasteiger partial charge in [-0.1, -0.05) is 54.1 Å². The number of thiophene rings is 1. The SMILES string of the molecule is CCOC(Cc1csc2ccc(Cl)nc12)(OCC)[C@H](C)NC(=O)[C@H](Cc1ccc(O)cc1)NC(=O)CN(C)NC(=O)NCc1ccccc1. The smallest absolute Gasteiger partial charge is 0.329 e. The molecule has 2 atom stereocenters. The van der Waals surface area contributed by atoms with Crippen LogP contribution in [-0.4, -0.2) is 77.6 Å². The van der Waals surface area contributed by atoms with E-state index < -0.39 is 35.7 Å². The predicted octanol–water partition coefficient (Wildman–Crippen LogP) is 4.55. The molecule has 0 aliphatic carbocycles. The molecule has 2 heterocycles. The number of benzene rings is 2. The number of nitrogens with one attached hydrogen (secondary N) is 4. The normalized spacial score (nSPS) is 12.8. The third-order valence-electron chi connectivity index (χ3n) is 7.69. The van der Waals surface area contributed by atoms with Gasteiger partial charge in [0.05, 0.1) is 22.8 Å². The minimum atomic E-state index is -1.26. The lowest BCUT2D eigenvalue weighted by Crippen LogP contribution is -2.60. The van der Waals surface area contributed by atoms with Crippen LogP contribution in [0.2, 0.25) is 5.15 Å². The van der Waals surface area contributed by atoms with Gasteiger partial charge in [0.2, 0.25) is 11.8 Å². The average molecular weight is 711 g/mol. The molecule has 0 radical (unpaired) electrons. The number of likely N-dealkylation sites (N-methyl/N-ethyl adjacent to an activating group) is 1. The van der Waals surface area contributed by atoms with Crippen LogP contribution in [0.4, 0.5) is 4.79 Å². The van der Waals surface area contributed by atoms with Crippen LogP contribution in [0.3, 0.4) is 0 Å². The van der Waals surface area contributed by atoms with E-state index in [4.69, 9.17) is 21.1 Å². The zero-order chi connectivity index (χ0) is 35.4. The Morgan fingerprint density at radius 3 is 2.35 bits per heavy atom. The molecule has 0 aliphatic heterocycles. The predicted molar refractivity (Wildman–Crippen MR) is 190 cm³/mol. The number of urea groups is 1. The van der Waals surface area contributed by atoms with E-state index >= 15 is 0 Å². The van der Waals surface area contributed by atoms with Gasteiger partial charge < -0.3 is 30.5 Å². The molecule has 5 N–H and O–H groups in total. The number of phenolic OH excluding ortho intramolecular Hbond substituents is 1. The van der Waals surface area contributed by atoms with E-state index in [1.54, 1.807) is 32.2 Å². The number of aromatic hydroxyl groups is 1. The highest BCUT2D eigenvalue weighted by atomic mass is 35.5. The summed E-state index contributed by atoms with van der Waals surface area (Å²) in [5.41, 5.74) is 5.85. The number of fused-ring (bicyclic) bond motifs is 1. The van der Waals surface area contributed by atoms with E-state index in [9.17, 15) is 19.5 Å². The van der Waals surface area contributed by atoms with Crippen LogP contribution in [0.25, 0.3) is 10.2 Å². The van der Waals surface area contributed by atoms with Crippen molar-refractivity contribution in [2.75, 3.05) is 26.8 Å². The summed E-state index contributed by atoms with van der Waals surface area (Å²) >= 11 is 7.75. The van der Waals surface area contributed by atoms with Crippen LogP contribution in [0, 0.1) is 0 Å². The number of rotatable bonds is 17. The standard InChI is InChI=1S/C35H43ClN6O6S/c1-5-47-35(48-6-2,19-26-22-49-29-16-17-30(36)40-32(26)29)23(3)38-33(45)28(18-24-12-14-27(43)15-13-24)39-31(44)21-42(4)41-34(46)37-20-25-10-8-7-9-11-25/h7-17,22-23,28,43H,5-6,18-21H2,1-4H3,(H,38,45)(H,39,44)(H2,37,41,46)/t23-,28-/m0/s1. The maximum atomic E-state index is 14.0. The fraction of sp³-hybridized carbons (Fsp3) is 0.371. The average Bonchev–Trinajstić information content (AvgIpc) is 3.46. The van der Waals surface area contributed by atoms with Gasteiger partial charge >= 0.3 is 6.03 Å². The van der Waals surface area contributed by atoms with Crippen molar-refractivity contribution in [1.82, 2.24) is 31.4 Å². The van der Waals surface area contributed by atoms with Crippen molar-refractivity contribution in [3.8, 4) is 5.75 Å². The molecule has 0 saturated carbocycles. The Bertz CT molecular complexity index is 1680. The summed E-state index contributed by atoms with van der Waals surface area (Å²) < 4.78 is 13.5. The third kappa shape index (κ3) is 10.9. The molecule has 0 aliphatic rings. The summed E-state index contributed by atoms with van der Waals surface area (Å²) in [6.45, 7) is 6.20. The van der Waals surface area contributed by atoms with E-state index in [0.29, 0.717) is 30.5 Å². The van der Waals surface area contributed by atoms with Crippen molar-refractivity contribution >= 4 is 51.0 Å². The van der Waals surface area contributed by atoms with Crippen molar-refractivity contribution in [2.45, 2.75) is 58.0 Å². The van der Waals surface area contributed by atoms with E-state index in [-0.39, 0.29) is 25.1 Å². The van der Waals surface area contributed by atoms with Gasteiger partial charge in [0.15, 0.2) is 5.79 Å². The molecule has 4 rings (SSSR count). The molecular formula is C35H43ClN6O6S. The Morgan fingerprint density at radius 1 is 0.980 bits per heavy atom. The molecular weight excluding hydrogens is 668 g/mol. The van der Waals surface area contributed by atoms with Crippen LogP contribution in [0.1, 0.15) is 37.5 Å². The van der Waals surface area contributed by atoms with Gasteiger partial charge in [-0.15, -0.1) is 11.3 Å². The van der Waals surface area contributed by atoms with E-state index in [1.165, 1.54) is 28.5 Å². The molecule has 0 spiro atoms. The zero-order valence-corrected chi connectivity index (χ0v) is 29.6. The molecule has 2 aromatic carbocycles. The van der Waals surface area contributed by atoms with Crippen LogP contribution in [0.5, 0.6) is 5.75 Å². The first kappa shape index (κ1) is 37.5. The number of aromatic nitrogens is 1. The fourth-order valence-electron chi connectivity index (χ4n) is 5.35. The molecule has 0 bridgehead atoms. The molecule has 0 fully saturated rings. The second-order valence-electron chi connectivity index (χ2n) is 11.5. The number of carbonyl (C=O) groups is 3. The quantitative estimate of drug-likeness (QED) is 0.0608. The summed E-state index contributed by atoms with van der Waals surface area (Å²) in [5, 5.41) is 22.0. The van der Waals surface area contributed by atoms with Crippen LogP contribution >= 0.6 is 22.9 Å². The van der Waals surface area contributed by atoms with Crippen LogP contribution in [0.15, 0.2) is 72.1 Å². The summed E-state index contributed by atoms with van der Waals surface area (Å²) in [4.78, 5) is 44.1. The van der Waals surface area contributed by atoms with Gasteiger partial charge in [0, 0.05) is 39.6 Å². The van der Waals surface area contributed by atoms with E-state index in [2.05, 4.69) is 26.4 Å². The van der Waals surface area contributed by atoms with Crippen molar-refractivity contribution < 1.29 is 29.0 Å². The molecule has 262 valence electrons. The van der Waals surface area contributed by atoms with E-state index in [1.807, 2.05) is 55.6 Å². The Labute approximate surface area is 295 Å². The Kier molecular flexibility index (Phi) is 13.7. The molecule has 14 heteroatoms. The highest BCUT2D eigenvalue weighted by molar-refractivity contribution is 7.17. The number of carbonyl (C=O) groups excluding carboxylic acids is 3. The third-order valence-corrected chi connectivity index (χ3v) is 8.88. The second kappa shape index (κ2) is 17.9. The monoisotopic (exact) mass is 710 g/mol. The first-order valence-corrected chi connectivity index (χ1v) is 17.2. The number of ether oxygens (including phenoxy) is 2. The molecule has 0 unspecified atom stereocenters. The zero-order valence-electron chi connectivity index (χ0n) is 28.0. The Morgan fingerprint density at radius 2 is 1.67 bits per heavy atom. The number of hydrazine groups is 1. The summed E-state index contributed by atoms with van der Waals surface area (Å²) in [7, 11) is 1.55. The topological polar surface area (TPSA) is 154 Å². The van der Waals surface area contributed by atoms with Crippen molar-refractivity contribution in [3.05, 3.63) is 94.0 Å². The Balaban J connectivity index is 1.47. The lowest BCUT2D eigenvalue weighted by Gasteiger charge is -2.39. The molecule has 2 aromatic heterocycles. The number of nitrogens with zero attached hydrogens (tertiary/aromatic N) is 2. The number of pyridine rings is 1. The number of hydrogen-bond donors (Lipinski definition) is 5. The maximum absolute atomic E-state index is 14.0. The number of halogens is 1. The summed E-state index contributed by atoms with van der Waals surface area (Å²) in [6.07, 6.45) is 0.411. The van der Waals surface area contributed by atoms with Crippen molar-refractivity contribution in [1.29, 1.82) is 0 Å². The van der Waals surface area contributed by atoms with Gasteiger partial charge in [-0.25, -0.2) is 14.8 Å². The summed E-state index contributed by atoms with van der Waals surface area (Å²) in [5.74, 6) is -2.14. The van der Waals surface area contributed by atoms with Crippen molar-refractivity contribution in [2.24, 2.45) is 0 Å². The van der Waals surface area contributed by atoms with Gasteiger partial charge in [-0.05, 0) is 67.1 Å². The molecule has 0 saturated heterocycles. The van der Waals surface area contributed by atoms with Gasteiger partial charge in [0.1, 0.15) is 16.9 Å². The minimum Gasteiger partial charge on any atom is -0.508 e. The van der Waals surface area contributed by atoms with Gasteiger partial charge in [-0.3, -0.25) is 15.0 Å². The Hall–Kier alpha value is -4.27.